The van der Waals surface area contributed by atoms with E-state index in [0.29, 0.717) is 31.2 Å². The summed E-state index contributed by atoms with van der Waals surface area (Å²) in [6.45, 7) is 8.05. The molecular formula is C40H56O10. The molecule has 0 saturated heterocycles. The molecule has 276 valence electrons. The van der Waals surface area contributed by atoms with Gasteiger partial charge in [0.15, 0.2) is 23.0 Å². The standard InChI is InChI=1S/C40H56O10/c1-6-8-10-12-14-16-18-20-22-24-30-35-32(26-33(46-27(3)41)36(30)47-28(4)42)34(40(45)49-35)38-37(48-29(5)43)31(39(44)50-38)25-23-21-19-17-15-13-11-9-7-2/h26H,6-25H2,1-5H3/b38-34-. The molecule has 0 unspecified atom stereocenters. The van der Waals surface area contributed by atoms with Crippen molar-refractivity contribution in [3.8, 4) is 17.2 Å². The Hall–Kier alpha value is -3.95. The summed E-state index contributed by atoms with van der Waals surface area (Å²) in [7, 11) is 0. The largest absolute Gasteiger partial charge is 0.423 e. The zero-order chi connectivity index (χ0) is 36.5. The van der Waals surface area contributed by atoms with Gasteiger partial charge in [-0.05, 0) is 31.7 Å². The fraction of sp³-hybridized carbons (Fsp3) is 0.625. The highest BCUT2D eigenvalue weighted by Crippen LogP contribution is 2.50. The third-order valence-electron chi connectivity index (χ3n) is 8.91. The van der Waals surface area contributed by atoms with E-state index in [-0.39, 0.29) is 45.5 Å². The van der Waals surface area contributed by atoms with Crippen LogP contribution in [0.4, 0.5) is 0 Å². The van der Waals surface area contributed by atoms with Crippen molar-refractivity contribution in [2.45, 2.75) is 163 Å². The van der Waals surface area contributed by atoms with E-state index in [0.717, 1.165) is 38.5 Å². The van der Waals surface area contributed by atoms with Crippen LogP contribution in [0.25, 0.3) is 5.57 Å². The average Bonchev–Trinajstić information content (AvgIpc) is 3.53. The van der Waals surface area contributed by atoms with Crippen LogP contribution in [0, 0.1) is 0 Å². The lowest BCUT2D eigenvalue weighted by atomic mass is 9.96. The summed E-state index contributed by atoms with van der Waals surface area (Å²) in [5, 5.41) is 0. The minimum Gasteiger partial charge on any atom is -0.423 e. The number of hydrogen-bond acceptors (Lipinski definition) is 10. The molecule has 0 atom stereocenters. The van der Waals surface area contributed by atoms with Gasteiger partial charge >= 0.3 is 29.8 Å². The number of rotatable bonds is 23. The Morgan fingerprint density at radius 2 is 1.06 bits per heavy atom. The number of hydrogen-bond donors (Lipinski definition) is 0. The Morgan fingerprint density at radius 1 is 0.580 bits per heavy atom. The van der Waals surface area contributed by atoms with Gasteiger partial charge in [-0.15, -0.1) is 0 Å². The van der Waals surface area contributed by atoms with Crippen molar-refractivity contribution in [1.82, 2.24) is 0 Å². The van der Waals surface area contributed by atoms with Crippen LogP contribution in [0.2, 0.25) is 0 Å². The van der Waals surface area contributed by atoms with Gasteiger partial charge in [-0.2, -0.15) is 0 Å². The fourth-order valence-electron chi connectivity index (χ4n) is 6.45. The van der Waals surface area contributed by atoms with Gasteiger partial charge in [0.2, 0.25) is 0 Å². The number of carbonyl (C=O) groups excluding carboxylic acids is 5. The van der Waals surface area contributed by atoms with Crippen LogP contribution in [0.5, 0.6) is 17.2 Å². The molecule has 2 aliphatic rings. The maximum atomic E-state index is 13.6. The molecule has 10 nitrogen and oxygen atoms in total. The van der Waals surface area contributed by atoms with Gasteiger partial charge in [0.1, 0.15) is 11.3 Å². The molecule has 0 saturated carbocycles. The average molecular weight is 697 g/mol. The van der Waals surface area contributed by atoms with Crippen molar-refractivity contribution in [3.05, 3.63) is 34.3 Å². The summed E-state index contributed by atoms with van der Waals surface area (Å²) < 4.78 is 28.0. The topological polar surface area (TPSA) is 132 Å². The summed E-state index contributed by atoms with van der Waals surface area (Å²) in [5.74, 6) is -3.80. The Balaban J connectivity index is 1.93. The van der Waals surface area contributed by atoms with E-state index in [1.165, 1.54) is 91.0 Å². The SMILES string of the molecule is CCCCCCCCCCCC1=C(OC(C)=O)/C(=C2/C(=O)Oc3c2cc(OC(C)=O)c(OC(C)=O)c3CCCCCCCCCCC)OC1=O. The summed E-state index contributed by atoms with van der Waals surface area (Å²) in [5.41, 5.74) is 0.615. The van der Waals surface area contributed by atoms with Crippen LogP contribution >= 0.6 is 0 Å². The van der Waals surface area contributed by atoms with Crippen LogP contribution in [-0.2, 0) is 39.9 Å². The quantitative estimate of drug-likeness (QED) is 0.0472. The number of fused-ring (bicyclic) bond motifs is 1. The molecule has 0 radical (unpaired) electrons. The second-order valence-corrected chi connectivity index (χ2v) is 13.3. The van der Waals surface area contributed by atoms with E-state index in [1.54, 1.807) is 0 Å². The first-order valence-electron chi connectivity index (χ1n) is 18.8. The van der Waals surface area contributed by atoms with E-state index in [4.69, 9.17) is 23.7 Å². The number of ether oxygens (including phenoxy) is 5. The Kier molecular flexibility index (Phi) is 17.3. The summed E-state index contributed by atoms with van der Waals surface area (Å²) >= 11 is 0. The Bertz CT molecular complexity index is 1430. The predicted octanol–water partition coefficient (Wildman–Crippen LogP) is 9.54. The zero-order valence-electron chi connectivity index (χ0n) is 30.8. The highest BCUT2D eigenvalue weighted by Gasteiger charge is 2.43. The van der Waals surface area contributed by atoms with Crippen molar-refractivity contribution in [2.24, 2.45) is 0 Å². The number of carbonyl (C=O) groups is 5. The van der Waals surface area contributed by atoms with Gasteiger partial charge in [-0.25, -0.2) is 9.59 Å². The minimum atomic E-state index is -0.834. The molecule has 1 aromatic rings. The highest BCUT2D eigenvalue weighted by molar-refractivity contribution is 6.24. The second-order valence-electron chi connectivity index (χ2n) is 13.3. The molecule has 3 rings (SSSR count). The third kappa shape index (κ3) is 12.1. The van der Waals surface area contributed by atoms with Gasteiger partial charge in [-0.1, -0.05) is 117 Å². The van der Waals surface area contributed by atoms with Crippen LogP contribution in [-0.4, -0.2) is 29.8 Å². The molecule has 50 heavy (non-hydrogen) atoms. The Labute approximate surface area is 297 Å². The maximum absolute atomic E-state index is 13.6. The lowest BCUT2D eigenvalue weighted by Gasteiger charge is -2.16. The van der Waals surface area contributed by atoms with Crippen LogP contribution < -0.4 is 14.2 Å². The molecule has 10 heteroatoms. The van der Waals surface area contributed by atoms with E-state index >= 15 is 0 Å². The molecule has 0 fully saturated rings. The maximum Gasteiger partial charge on any atom is 0.348 e. The van der Waals surface area contributed by atoms with E-state index in [1.807, 2.05) is 0 Å². The van der Waals surface area contributed by atoms with Gasteiger partial charge in [0, 0.05) is 31.9 Å². The van der Waals surface area contributed by atoms with E-state index in [2.05, 4.69) is 13.8 Å². The first kappa shape index (κ1) is 40.5. The van der Waals surface area contributed by atoms with Crippen molar-refractivity contribution >= 4 is 35.4 Å². The van der Waals surface area contributed by atoms with Gasteiger partial charge in [-0.3, -0.25) is 14.4 Å². The van der Waals surface area contributed by atoms with Crippen molar-refractivity contribution in [2.75, 3.05) is 0 Å². The van der Waals surface area contributed by atoms with Gasteiger partial charge in [0.05, 0.1) is 5.57 Å². The van der Waals surface area contributed by atoms with Crippen molar-refractivity contribution < 1.29 is 47.7 Å². The van der Waals surface area contributed by atoms with Crippen LogP contribution in [0.1, 0.15) is 168 Å². The third-order valence-corrected chi connectivity index (χ3v) is 8.91. The first-order valence-corrected chi connectivity index (χ1v) is 18.8. The molecule has 1 aromatic carbocycles. The molecule has 0 aliphatic carbocycles. The lowest BCUT2D eigenvalue weighted by Crippen LogP contribution is -2.10. The predicted molar refractivity (Wildman–Crippen MR) is 189 cm³/mol. The van der Waals surface area contributed by atoms with Crippen LogP contribution in [0.3, 0.4) is 0 Å². The fourth-order valence-corrected chi connectivity index (χ4v) is 6.45. The molecule has 0 bridgehead atoms. The Morgan fingerprint density at radius 3 is 1.56 bits per heavy atom. The highest BCUT2D eigenvalue weighted by atomic mass is 16.6. The smallest absolute Gasteiger partial charge is 0.348 e. The monoisotopic (exact) mass is 696 g/mol. The molecule has 0 N–H and O–H groups in total. The van der Waals surface area contributed by atoms with Crippen LogP contribution in [0.15, 0.2) is 23.2 Å². The number of cyclic esters (lactones) is 1. The molecule has 0 spiro atoms. The zero-order valence-corrected chi connectivity index (χ0v) is 30.8. The summed E-state index contributed by atoms with van der Waals surface area (Å²) in [4.78, 5) is 63.4. The molecule has 0 amide bonds. The van der Waals surface area contributed by atoms with Gasteiger partial charge in [0.25, 0.3) is 0 Å². The molecular weight excluding hydrogens is 640 g/mol. The van der Waals surface area contributed by atoms with Crippen molar-refractivity contribution in [3.63, 3.8) is 0 Å². The van der Waals surface area contributed by atoms with E-state index < -0.39 is 29.8 Å². The lowest BCUT2D eigenvalue weighted by molar-refractivity contribution is -0.137. The number of esters is 5. The van der Waals surface area contributed by atoms with Gasteiger partial charge < -0.3 is 23.7 Å². The minimum absolute atomic E-state index is 0.00436. The van der Waals surface area contributed by atoms with Crippen molar-refractivity contribution in [1.29, 1.82) is 0 Å². The molecule has 2 heterocycles. The number of benzene rings is 1. The van der Waals surface area contributed by atoms with E-state index in [9.17, 15) is 24.0 Å². The normalized spacial score (nSPS) is 15.2. The second kappa shape index (κ2) is 21.3. The first-order chi connectivity index (χ1) is 24.1. The molecule has 2 aliphatic heterocycles. The summed E-state index contributed by atoms with van der Waals surface area (Å²) in [6, 6.07) is 1.36. The number of unbranched alkanes of at least 4 members (excludes halogenated alkanes) is 16. The molecule has 0 aromatic heterocycles. The summed E-state index contributed by atoms with van der Waals surface area (Å²) in [6.07, 6.45) is 20.3.